The van der Waals surface area contributed by atoms with Crippen LogP contribution in [0.15, 0.2) is 30.5 Å². The Balaban J connectivity index is 2.92. The third-order valence-corrected chi connectivity index (χ3v) is 2.54. The lowest BCUT2D eigenvalue weighted by molar-refractivity contribution is -0.668. The molecule has 1 aromatic carbocycles. The molecule has 1 nitrogen and oxygen atoms in total. The SMILES string of the molecule is CC[n+]1ccc(C)c2cccc(F)c21. The third kappa shape index (κ3) is 1.27. The molecule has 0 spiro atoms. The van der Waals surface area contributed by atoms with Crippen molar-refractivity contribution < 1.29 is 8.96 Å². The summed E-state index contributed by atoms with van der Waals surface area (Å²) >= 11 is 0. The Kier molecular flexibility index (Phi) is 2.20. The summed E-state index contributed by atoms with van der Waals surface area (Å²) < 4.78 is 15.5. The highest BCUT2D eigenvalue weighted by molar-refractivity contribution is 5.79. The predicted molar refractivity (Wildman–Crippen MR) is 54.5 cm³/mol. The van der Waals surface area contributed by atoms with Crippen LogP contribution >= 0.6 is 0 Å². The molecule has 0 amide bonds. The molecular formula is C12H13FN+. The number of nitrogens with zero attached hydrogens (tertiary/aromatic N) is 1. The number of hydrogen-bond donors (Lipinski definition) is 0. The fourth-order valence-corrected chi connectivity index (χ4v) is 1.76. The first-order valence-corrected chi connectivity index (χ1v) is 4.81. The molecule has 0 saturated carbocycles. The monoisotopic (exact) mass is 190 g/mol. The Labute approximate surface area is 82.8 Å². The summed E-state index contributed by atoms with van der Waals surface area (Å²) in [6.07, 6.45) is 1.93. The van der Waals surface area contributed by atoms with Gasteiger partial charge in [-0.15, -0.1) is 0 Å². The molecule has 2 heteroatoms. The van der Waals surface area contributed by atoms with Gasteiger partial charge in [0, 0.05) is 6.07 Å². The zero-order chi connectivity index (χ0) is 10.1. The van der Waals surface area contributed by atoms with E-state index in [1.807, 2.05) is 36.7 Å². The fourth-order valence-electron chi connectivity index (χ4n) is 1.76. The highest BCUT2D eigenvalue weighted by Crippen LogP contribution is 2.16. The van der Waals surface area contributed by atoms with Crippen molar-refractivity contribution in [3.05, 3.63) is 41.8 Å². The molecule has 0 bridgehead atoms. The maximum atomic E-state index is 13.6. The second-order valence-electron chi connectivity index (χ2n) is 3.42. The maximum absolute atomic E-state index is 13.6. The van der Waals surface area contributed by atoms with Crippen LogP contribution in [0.5, 0.6) is 0 Å². The molecule has 1 aromatic heterocycles. The lowest BCUT2D eigenvalue weighted by Crippen LogP contribution is -2.33. The Morgan fingerprint density at radius 2 is 2.07 bits per heavy atom. The molecule has 0 fully saturated rings. The first-order valence-electron chi connectivity index (χ1n) is 4.81. The minimum atomic E-state index is -0.145. The molecule has 1 heterocycles. The van der Waals surface area contributed by atoms with Gasteiger partial charge in [-0.05, 0) is 31.5 Å². The molecule has 0 aliphatic carbocycles. The fraction of sp³-hybridized carbons (Fsp3) is 0.250. The standard InChI is InChI=1S/C12H13FN/c1-3-14-8-7-9(2)10-5-4-6-11(13)12(10)14/h4-8H,3H2,1-2H3/q+1. The lowest BCUT2D eigenvalue weighted by atomic mass is 10.1. The molecule has 0 atom stereocenters. The number of halogens is 1. The van der Waals surface area contributed by atoms with E-state index in [0.717, 1.165) is 17.5 Å². The molecule has 72 valence electrons. The number of fused-ring (bicyclic) bond motifs is 1. The van der Waals surface area contributed by atoms with Gasteiger partial charge in [-0.3, -0.25) is 0 Å². The van der Waals surface area contributed by atoms with Gasteiger partial charge in [0.05, 0.1) is 5.39 Å². The zero-order valence-electron chi connectivity index (χ0n) is 8.42. The van der Waals surface area contributed by atoms with Crippen LogP contribution in [-0.4, -0.2) is 0 Å². The van der Waals surface area contributed by atoms with Gasteiger partial charge in [0.2, 0.25) is 5.52 Å². The van der Waals surface area contributed by atoms with Crippen LogP contribution in [0.2, 0.25) is 0 Å². The molecule has 0 aliphatic heterocycles. The third-order valence-electron chi connectivity index (χ3n) is 2.54. The largest absolute Gasteiger partial charge is 0.248 e. The van der Waals surface area contributed by atoms with Crippen LogP contribution in [0, 0.1) is 12.7 Å². The van der Waals surface area contributed by atoms with Crippen LogP contribution in [0.3, 0.4) is 0 Å². The number of aromatic nitrogens is 1. The molecule has 2 aromatic rings. The Bertz CT molecular complexity index is 477. The molecule has 0 unspecified atom stereocenters. The second-order valence-corrected chi connectivity index (χ2v) is 3.42. The number of aryl methyl sites for hydroxylation is 2. The summed E-state index contributed by atoms with van der Waals surface area (Å²) in [5, 5.41) is 0.995. The summed E-state index contributed by atoms with van der Waals surface area (Å²) in [7, 11) is 0. The average Bonchev–Trinajstić information content (AvgIpc) is 2.20. The van der Waals surface area contributed by atoms with Crippen molar-refractivity contribution in [2.24, 2.45) is 0 Å². The Morgan fingerprint density at radius 3 is 2.79 bits per heavy atom. The minimum Gasteiger partial charge on any atom is -0.200 e. The number of para-hydroxylation sites is 1. The van der Waals surface area contributed by atoms with Gasteiger partial charge in [-0.2, -0.15) is 8.96 Å². The Morgan fingerprint density at radius 1 is 1.29 bits per heavy atom. The van der Waals surface area contributed by atoms with Gasteiger partial charge in [-0.1, -0.05) is 6.07 Å². The van der Waals surface area contributed by atoms with E-state index in [-0.39, 0.29) is 5.82 Å². The number of benzene rings is 1. The topological polar surface area (TPSA) is 3.88 Å². The first kappa shape index (κ1) is 9.13. The number of hydrogen-bond acceptors (Lipinski definition) is 0. The van der Waals surface area contributed by atoms with E-state index in [2.05, 4.69) is 0 Å². The van der Waals surface area contributed by atoms with E-state index in [9.17, 15) is 4.39 Å². The van der Waals surface area contributed by atoms with Crippen molar-refractivity contribution in [3.63, 3.8) is 0 Å². The van der Waals surface area contributed by atoms with Crippen LogP contribution in [0.25, 0.3) is 10.9 Å². The molecule has 0 saturated heterocycles. The molecule has 0 N–H and O–H groups in total. The molecule has 0 radical (unpaired) electrons. The van der Waals surface area contributed by atoms with Crippen LogP contribution in [0.1, 0.15) is 12.5 Å². The summed E-state index contributed by atoms with van der Waals surface area (Å²) in [4.78, 5) is 0. The highest BCUT2D eigenvalue weighted by atomic mass is 19.1. The Hall–Kier alpha value is -1.44. The zero-order valence-corrected chi connectivity index (χ0v) is 8.42. The van der Waals surface area contributed by atoms with E-state index in [4.69, 9.17) is 0 Å². The van der Waals surface area contributed by atoms with Gasteiger partial charge in [0.15, 0.2) is 12.0 Å². The molecular weight excluding hydrogens is 177 g/mol. The van der Waals surface area contributed by atoms with Gasteiger partial charge in [0.1, 0.15) is 6.54 Å². The summed E-state index contributed by atoms with van der Waals surface area (Å²) in [5.41, 5.74) is 1.82. The minimum absolute atomic E-state index is 0.145. The van der Waals surface area contributed by atoms with Gasteiger partial charge in [0.25, 0.3) is 0 Å². The van der Waals surface area contributed by atoms with Crippen LogP contribution in [0.4, 0.5) is 4.39 Å². The van der Waals surface area contributed by atoms with Crippen molar-refractivity contribution >= 4 is 10.9 Å². The maximum Gasteiger partial charge on any atom is 0.248 e. The lowest BCUT2D eigenvalue weighted by Gasteiger charge is -2.02. The van der Waals surface area contributed by atoms with Crippen molar-refractivity contribution in [1.82, 2.24) is 0 Å². The number of pyridine rings is 1. The van der Waals surface area contributed by atoms with Crippen molar-refractivity contribution in [1.29, 1.82) is 0 Å². The van der Waals surface area contributed by atoms with E-state index < -0.39 is 0 Å². The van der Waals surface area contributed by atoms with Crippen molar-refractivity contribution in [3.8, 4) is 0 Å². The second kappa shape index (κ2) is 3.37. The molecule has 14 heavy (non-hydrogen) atoms. The summed E-state index contributed by atoms with van der Waals surface area (Å²) in [5.74, 6) is -0.145. The van der Waals surface area contributed by atoms with E-state index in [1.165, 1.54) is 6.07 Å². The normalized spacial score (nSPS) is 10.8. The predicted octanol–water partition coefficient (Wildman–Crippen LogP) is 2.59. The molecule has 0 aliphatic rings. The molecule has 2 rings (SSSR count). The quantitative estimate of drug-likeness (QED) is 0.608. The van der Waals surface area contributed by atoms with Crippen LogP contribution in [-0.2, 0) is 6.54 Å². The van der Waals surface area contributed by atoms with E-state index in [1.54, 1.807) is 6.07 Å². The summed E-state index contributed by atoms with van der Waals surface area (Å²) in [6.45, 7) is 4.81. The van der Waals surface area contributed by atoms with Gasteiger partial charge < -0.3 is 0 Å². The van der Waals surface area contributed by atoms with E-state index >= 15 is 0 Å². The van der Waals surface area contributed by atoms with Gasteiger partial charge >= 0.3 is 0 Å². The van der Waals surface area contributed by atoms with Gasteiger partial charge in [-0.25, -0.2) is 0 Å². The average molecular weight is 190 g/mol. The van der Waals surface area contributed by atoms with Crippen molar-refractivity contribution in [2.45, 2.75) is 20.4 Å². The van der Waals surface area contributed by atoms with E-state index in [0.29, 0.717) is 5.52 Å². The van der Waals surface area contributed by atoms with Crippen LogP contribution < -0.4 is 4.57 Å². The summed E-state index contributed by atoms with van der Waals surface area (Å²) in [6, 6.07) is 7.24. The number of rotatable bonds is 1. The van der Waals surface area contributed by atoms with Crippen molar-refractivity contribution in [2.75, 3.05) is 0 Å². The highest BCUT2D eigenvalue weighted by Gasteiger charge is 2.13. The smallest absolute Gasteiger partial charge is 0.200 e. The first-order chi connectivity index (χ1) is 6.74.